The summed E-state index contributed by atoms with van der Waals surface area (Å²) < 4.78 is 5.39. The molecule has 0 aromatic heterocycles. The number of amides is 1. The fourth-order valence-electron chi connectivity index (χ4n) is 1.37. The lowest BCUT2D eigenvalue weighted by molar-refractivity contribution is -0.129. The van der Waals surface area contributed by atoms with E-state index in [0.29, 0.717) is 18.6 Å². The lowest BCUT2D eigenvalue weighted by atomic mass is 10.2. The van der Waals surface area contributed by atoms with Gasteiger partial charge in [-0.25, -0.2) is 0 Å². The van der Waals surface area contributed by atoms with Crippen LogP contribution in [-0.4, -0.2) is 25.8 Å². The Morgan fingerprint density at radius 1 is 1.50 bits per heavy atom. The van der Waals surface area contributed by atoms with Crippen LogP contribution in [0.15, 0.2) is 18.2 Å². The molecule has 0 saturated carbocycles. The number of anilines is 1. The molecule has 4 nitrogen and oxygen atoms in total. The summed E-state index contributed by atoms with van der Waals surface area (Å²) >= 11 is 0. The highest BCUT2D eigenvalue weighted by atomic mass is 16.5. The van der Waals surface area contributed by atoms with Crippen molar-refractivity contribution in [3.63, 3.8) is 0 Å². The number of hydrogen-bond donors (Lipinski definition) is 0. The molecule has 1 aromatic rings. The van der Waals surface area contributed by atoms with Gasteiger partial charge in [-0.15, -0.1) is 0 Å². The van der Waals surface area contributed by atoms with Crippen LogP contribution in [0.5, 0.6) is 5.75 Å². The molecule has 4 heteroatoms. The number of nitrogens with zero attached hydrogens (tertiary/aromatic N) is 1. The number of rotatable bonds is 4. The second-order valence-electron chi connectivity index (χ2n) is 3.40. The molecule has 0 atom stereocenters. The van der Waals surface area contributed by atoms with Crippen LogP contribution in [0, 0.1) is 6.92 Å². The normalized spacial score (nSPS) is 9.69. The lowest BCUT2D eigenvalue weighted by Crippen LogP contribution is -2.26. The number of carbonyl (C=O) groups excluding carboxylic acids is 2. The van der Waals surface area contributed by atoms with Crippen LogP contribution in [0.3, 0.4) is 0 Å². The lowest BCUT2D eigenvalue weighted by Gasteiger charge is -2.16. The van der Waals surface area contributed by atoms with Crippen LogP contribution in [0.25, 0.3) is 0 Å². The number of aldehydes is 1. The summed E-state index contributed by atoms with van der Waals surface area (Å²) in [7, 11) is 1.56. The maximum atomic E-state index is 11.2. The molecule has 1 amide bonds. The molecule has 0 N–H and O–H groups in total. The fraction of sp³-hybridized carbons (Fsp3) is 0.333. The Labute approximate surface area is 94.8 Å². The Kier molecular flexibility index (Phi) is 4.05. The van der Waals surface area contributed by atoms with Crippen LogP contribution in [0.4, 0.5) is 5.69 Å². The molecule has 0 unspecified atom stereocenters. The van der Waals surface area contributed by atoms with E-state index in [4.69, 9.17) is 4.74 Å². The molecule has 0 aliphatic heterocycles. The molecule has 0 saturated heterocycles. The maximum absolute atomic E-state index is 11.2. The Morgan fingerprint density at radius 3 is 2.69 bits per heavy atom. The SMILES string of the molecule is CCOc1ccc(N(C)C(=O)C=O)cc1C. The highest BCUT2D eigenvalue weighted by Gasteiger charge is 2.10. The number of carbonyl (C=O) groups is 2. The van der Waals surface area contributed by atoms with Gasteiger partial charge in [0, 0.05) is 12.7 Å². The van der Waals surface area contributed by atoms with Crippen LogP contribution in [-0.2, 0) is 9.59 Å². The van der Waals surface area contributed by atoms with Crippen LogP contribution in [0.1, 0.15) is 12.5 Å². The van der Waals surface area contributed by atoms with Gasteiger partial charge in [0.25, 0.3) is 5.91 Å². The highest BCUT2D eigenvalue weighted by Crippen LogP contribution is 2.23. The zero-order chi connectivity index (χ0) is 12.1. The Morgan fingerprint density at radius 2 is 2.19 bits per heavy atom. The summed E-state index contributed by atoms with van der Waals surface area (Å²) in [5, 5.41) is 0. The molecule has 1 aromatic carbocycles. The first-order chi connectivity index (χ1) is 7.60. The average Bonchev–Trinajstić information content (AvgIpc) is 2.30. The Balaban J connectivity index is 2.96. The Hall–Kier alpha value is -1.84. The Bertz CT molecular complexity index is 401. The second-order valence-corrected chi connectivity index (χ2v) is 3.40. The van der Waals surface area contributed by atoms with Gasteiger partial charge in [0.15, 0.2) is 0 Å². The minimum atomic E-state index is -0.566. The first-order valence-corrected chi connectivity index (χ1v) is 5.06. The summed E-state index contributed by atoms with van der Waals surface area (Å²) in [4.78, 5) is 22.8. The van der Waals surface area contributed by atoms with Crippen LogP contribution >= 0.6 is 0 Å². The molecule has 0 aliphatic rings. The first kappa shape index (κ1) is 12.2. The molecule has 86 valence electrons. The minimum absolute atomic E-state index is 0.297. The van der Waals surface area contributed by atoms with Gasteiger partial charge in [-0.2, -0.15) is 0 Å². The monoisotopic (exact) mass is 221 g/mol. The molecular formula is C12H15NO3. The van der Waals surface area contributed by atoms with Crippen molar-refractivity contribution >= 4 is 17.9 Å². The summed E-state index contributed by atoms with van der Waals surface area (Å²) in [5.74, 6) is 0.224. The van der Waals surface area contributed by atoms with Gasteiger partial charge in [0.05, 0.1) is 6.61 Å². The fourth-order valence-corrected chi connectivity index (χ4v) is 1.37. The number of ether oxygens (including phenoxy) is 1. The number of hydrogen-bond acceptors (Lipinski definition) is 3. The average molecular weight is 221 g/mol. The van der Waals surface area contributed by atoms with E-state index in [1.807, 2.05) is 19.9 Å². The van der Waals surface area contributed by atoms with Gasteiger partial charge in [-0.3, -0.25) is 9.59 Å². The van der Waals surface area contributed by atoms with Crippen molar-refractivity contribution in [3.05, 3.63) is 23.8 Å². The van der Waals surface area contributed by atoms with E-state index in [1.54, 1.807) is 19.2 Å². The molecule has 16 heavy (non-hydrogen) atoms. The van der Waals surface area contributed by atoms with Gasteiger partial charge in [-0.05, 0) is 37.6 Å². The third-order valence-corrected chi connectivity index (χ3v) is 2.28. The quantitative estimate of drug-likeness (QED) is 0.572. The van der Waals surface area contributed by atoms with Gasteiger partial charge in [0.2, 0.25) is 6.29 Å². The van der Waals surface area contributed by atoms with Gasteiger partial charge < -0.3 is 9.64 Å². The van der Waals surface area contributed by atoms with Crippen molar-refractivity contribution in [2.75, 3.05) is 18.6 Å². The van der Waals surface area contributed by atoms with E-state index in [-0.39, 0.29) is 0 Å². The zero-order valence-electron chi connectivity index (χ0n) is 9.69. The van der Waals surface area contributed by atoms with E-state index in [1.165, 1.54) is 4.90 Å². The molecular weight excluding hydrogens is 206 g/mol. The standard InChI is InChI=1S/C12H15NO3/c1-4-16-11-6-5-10(7-9(11)2)13(3)12(15)8-14/h5-8H,4H2,1-3H3. The smallest absolute Gasteiger partial charge is 0.290 e. The van der Waals surface area contributed by atoms with Crippen LogP contribution in [0.2, 0.25) is 0 Å². The maximum Gasteiger partial charge on any atom is 0.290 e. The van der Waals surface area contributed by atoms with Crippen molar-refractivity contribution in [3.8, 4) is 5.75 Å². The van der Waals surface area contributed by atoms with Gasteiger partial charge in [-0.1, -0.05) is 0 Å². The first-order valence-electron chi connectivity index (χ1n) is 5.06. The molecule has 0 aliphatic carbocycles. The van der Waals surface area contributed by atoms with Gasteiger partial charge in [0.1, 0.15) is 5.75 Å². The zero-order valence-corrected chi connectivity index (χ0v) is 9.69. The molecule has 0 fully saturated rings. The van der Waals surface area contributed by atoms with Crippen LogP contribution < -0.4 is 9.64 Å². The third-order valence-electron chi connectivity index (χ3n) is 2.28. The number of benzene rings is 1. The van der Waals surface area contributed by atoms with E-state index in [0.717, 1.165) is 11.3 Å². The van der Waals surface area contributed by atoms with E-state index < -0.39 is 5.91 Å². The predicted octanol–water partition coefficient (Wildman–Crippen LogP) is 1.56. The van der Waals surface area contributed by atoms with Gasteiger partial charge >= 0.3 is 0 Å². The summed E-state index contributed by atoms with van der Waals surface area (Å²) in [6, 6.07) is 5.36. The van der Waals surface area contributed by atoms with E-state index in [9.17, 15) is 9.59 Å². The largest absolute Gasteiger partial charge is 0.494 e. The van der Waals surface area contributed by atoms with Crippen molar-refractivity contribution in [2.24, 2.45) is 0 Å². The predicted molar refractivity (Wildman–Crippen MR) is 61.8 cm³/mol. The van der Waals surface area contributed by atoms with E-state index in [2.05, 4.69) is 0 Å². The number of aryl methyl sites for hydroxylation is 1. The number of likely N-dealkylation sites (N-methyl/N-ethyl adjacent to an activating group) is 1. The molecule has 0 heterocycles. The third kappa shape index (κ3) is 2.59. The molecule has 1 rings (SSSR count). The van der Waals surface area contributed by atoms with Crippen molar-refractivity contribution < 1.29 is 14.3 Å². The van der Waals surface area contributed by atoms with Crippen molar-refractivity contribution in [2.45, 2.75) is 13.8 Å². The minimum Gasteiger partial charge on any atom is -0.494 e. The molecule has 0 bridgehead atoms. The molecule has 0 spiro atoms. The molecule has 0 radical (unpaired) electrons. The topological polar surface area (TPSA) is 46.6 Å². The second kappa shape index (κ2) is 5.30. The highest BCUT2D eigenvalue weighted by molar-refractivity contribution is 6.30. The van der Waals surface area contributed by atoms with Crippen molar-refractivity contribution in [1.82, 2.24) is 0 Å². The summed E-state index contributed by atoms with van der Waals surface area (Å²) in [6.07, 6.45) is 0.297. The summed E-state index contributed by atoms with van der Waals surface area (Å²) in [6.45, 7) is 4.41. The van der Waals surface area contributed by atoms with Crippen molar-refractivity contribution in [1.29, 1.82) is 0 Å². The summed E-state index contributed by atoms with van der Waals surface area (Å²) in [5.41, 5.74) is 1.61. The van der Waals surface area contributed by atoms with E-state index >= 15 is 0 Å².